The largest absolute Gasteiger partial charge is 0.371 e. The average Bonchev–Trinajstić information content (AvgIpc) is 3.26. The summed E-state index contributed by atoms with van der Waals surface area (Å²) in [6.45, 7) is 6.49. The van der Waals surface area contributed by atoms with Crippen molar-refractivity contribution in [1.29, 1.82) is 0 Å². The predicted molar refractivity (Wildman–Crippen MR) is 89.4 cm³/mol. The zero-order valence-corrected chi connectivity index (χ0v) is 14.4. The average molecular weight is 335 g/mol. The van der Waals surface area contributed by atoms with E-state index in [1.54, 1.807) is 13.2 Å². The van der Waals surface area contributed by atoms with Crippen LogP contribution in [0, 0.1) is 0 Å². The summed E-state index contributed by atoms with van der Waals surface area (Å²) >= 11 is 0. The number of nitrogens with zero attached hydrogens (tertiary/aromatic N) is 5. The molecule has 2 aromatic rings. The minimum Gasteiger partial charge on any atom is -0.371 e. The Labute approximate surface area is 141 Å². The van der Waals surface area contributed by atoms with Crippen molar-refractivity contribution in [3.05, 3.63) is 30.2 Å². The van der Waals surface area contributed by atoms with E-state index in [0.29, 0.717) is 30.8 Å². The number of hydrogen-bond donors (Lipinski definition) is 2. The summed E-state index contributed by atoms with van der Waals surface area (Å²) in [5.41, 5.74) is 0. The molecule has 2 aromatic heterocycles. The summed E-state index contributed by atoms with van der Waals surface area (Å²) in [6.07, 6.45) is 4.49. The highest BCUT2D eigenvalue weighted by Crippen LogP contribution is 2.12. The number of aromatic nitrogens is 4. The fourth-order valence-electron chi connectivity index (χ4n) is 2.09. The van der Waals surface area contributed by atoms with Crippen molar-refractivity contribution in [2.75, 3.05) is 20.2 Å². The monoisotopic (exact) mass is 335 g/mol. The molecule has 0 aliphatic heterocycles. The van der Waals surface area contributed by atoms with Gasteiger partial charge in [0.05, 0.1) is 6.54 Å². The zero-order valence-electron chi connectivity index (χ0n) is 14.4. The standard InChI is InChI=1S/C15H25N7O2/c1-4-23-12(2)14-20-13(24-21-14)11-18-15(16-3)17-7-5-9-22-10-6-8-19-22/h6,8,10,12H,4-5,7,9,11H2,1-3H3,(H2,16,17,18). The van der Waals surface area contributed by atoms with Gasteiger partial charge < -0.3 is 19.9 Å². The second-order valence-corrected chi connectivity index (χ2v) is 5.12. The lowest BCUT2D eigenvalue weighted by Crippen LogP contribution is -2.37. The van der Waals surface area contributed by atoms with Crippen molar-refractivity contribution in [3.63, 3.8) is 0 Å². The Morgan fingerprint density at radius 3 is 3.04 bits per heavy atom. The highest BCUT2D eigenvalue weighted by atomic mass is 16.5. The predicted octanol–water partition coefficient (Wildman–Crippen LogP) is 1.12. The van der Waals surface area contributed by atoms with Crippen LogP contribution in [0.4, 0.5) is 0 Å². The highest BCUT2D eigenvalue weighted by Gasteiger charge is 2.13. The van der Waals surface area contributed by atoms with Crippen molar-refractivity contribution in [2.45, 2.75) is 39.5 Å². The number of guanidine groups is 1. The fraction of sp³-hybridized carbons (Fsp3) is 0.600. The molecule has 2 heterocycles. The summed E-state index contributed by atoms with van der Waals surface area (Å²) in [6, 6.07) is 1.92. The van der Waals surface area contributed by atoms with E-state index < -0.39 is 0 Å². The minimum atomic E-state index is -0.174. The Balaban J connectivity index is 1.69. The molecule has 0 saturated heterocycles. The molecule has 0 amide bonds. The summed E-state index contributed by atoms with van der Waals surface area (Å²) in [4.78, 5) is 8.47. The van der Waals surface area contributed by atoms with Gasteiger partial charge in [-0.3, -0.25) is 9.67 Å². The van der Waals surface area contributed by atoms with E-state index in [0.717, 1.165) is 19.5 Å². The first-order valence-corrected chi connectivity index (χ1v) is 8.09. The van der Waals surface area contributed by atoms with Crippen LogP contribution in [0.3, 0.4) is 0 Å². The fourth-order valence-corrected chi connectivity index (χ4v) is 2.09. The Morgan fingerprint density at radius 2 is 2.33 bits per heavy atom. The maximum absolute atomic E-state index is 5.44. The van der Waals surface area contributed by atoms with E-state index in [1.165, 1.54) is 0 Å². The molecule has 0 saturated carbocycles. The molecule has 9 nitrogen and oxygen atoms in total. The normalized spacial score (nSPS) is 13.0. The first-order chi connectivity index (χ1) is 11.7. The molecular weight excluding hydrogens is 310 g/mol. The van der Waals surface area contributed by atoms with Crippen LogP contribution in [-0.4, -0.2) is 46.1 Å². The second-order valence-electron chi connectivity index (χ2n) is 5.12. The van der Waals surface area contributed by atoms with Gasteiger partial charge in [0.2, 0.25) is 5.89 Å². The van der Waals surface area contributed by atoms with Gasteiger partial charge in [-0.05, 0) is 26.3 Å². The number of aliphatic imine (C=N–C) groups is 1. The van der Waals surface area contributed by atoms with Gasteiger partial charge in [-0.1, -0.05) is 5.16 Å². The molecule has 0 aliphatic rings. The van der Waals surface area contributed by atoms with E-state index in [-0.39, 0.29) is 6.10 Å². The van der Waals surface area contributed by atoms with Gasteiger partial charge in [0.1, 0.15) is 6.10 Å². The molecule has 0 radical (unpaired) electrons. The molecule has 0 aromatic carbocycles. The highest BCUT2D eigenvalue weighted by molar-refractivity contribution is 5.79. The summed E-state index contributed by atoms with van der Waals surface area (Å²) < 4.78 is 12.5. The van der Waals surface area contributed by atoms with Crippen LogP contribution >= 0.6 is 0 Å². The number of ether oxygens (including phenoxy) is 1. The molecule has 2 N–H and O–H groups in total. The summed E-state index contributed by atoms with van der Waals surface area (Å²) in [5.74, 6) is 1.74. The van der Waals surface area contributed by atoms with Gasteiger partial charge in [0.15, 0.2) is 11.8 Å². The Hall–Kier alpha value is -2.42. The molecule has 2 rings (SSSR count). The van der Waals surface area contributed by atoms with Crippen molar-refractivity contribution in [2.24, 2.45) is 4.99 Å². The molecular formula is C15H25N7O2. The SMILES string of the molecule is CCOC(C)c1noc(CNC(=NC)NCCCn2cccn2)n1. The topological polar surface area (TPSA) is 102 Å². The molecule has 0 bridgehead atoms. The van der Waals surface area contributed by atoms with E-state index in [1.807, 2.05) is 30.8 Å². The van der Waals surface area contributed by atoms with E-state index in [2.05, 4.69) is 30.9 Å². The van der Waals surface area contributed by atoms with Crippen LogP contribution in [-0.2, 0) is 17.8 Å². The minimum absolute atomic E-state index is 0.174. The van der Waals surface area contributed by atoms with Crippen molar-refractivity contribution in [3.8, 4) is 0 Å². The van der Waals surface area contributed by atoms with E-state index >= 15 is 0 Å². The quantitative estimate of drug-likeness (QED) is 0.402. The third-order valence-electron chi connectivity index (χ3n) is 3.31. The third kappa shape index (κ3) is 5.65. The van der Waals surface area contributed by atoms with Gasteiger partial charge in [-0.15, -0.1) is 0 Å². The molecule has 9 heteroatoms. The van der Waals surface area contributed by atoms with Crippen LogP contribution in [0.5, 0.6) is 0 Å². The Morgan fingerprint density at radius 1 is 1.46 bits per heavy atom. The molecule has 132 valence electrons. The first-order valence-electron chi connectivity index (χ1n) is 8.09. The summed E-state index contributed by atoms with van der Waals surface area (Å²) in [7, 11) is 1.72. The van der Waals surface area contributed by atoms with Crippen LogP contribution in [0.1, 0.15) is 38.1 Å². The molecule has 24 heavy (non-hydrogen) atoms. The number of rotatable bonds is 9. The lowest BCUT2D eigenvalue weighted by atomic mass is 10.4. The third-order valence-corrected chi connectivity index (χ3v) is 3.31. The number of nitrogens with one attached hydrogen (secondary N) is 2. The molecule has 1 atom stereocenters. The molecule has 0 fully saturated rings. The van der Waals surface area contributed by atoms with E-state index in [4.69, 9.17) is 9.26 Å². The molecule has 0 spiro atoms. The molecule has 1 unspecified atom stereocenters. The first kappa shape index (κ1) is 17.9. The maximum Gasteiger partial charge on any atom is 0.246 e. The van der Waals surface area contributed by atoms with Crippen LogP contribution in [0.25, 0.3) is 0 Å². The van der Waals surface area contributed by atoms with Crippen molar-refractivity contribution >= 4 is 5.96 Å². The van der Waals surface area contributed by atoms with Gasteiger partial charge in [-0.25, -0.2) is 0 Å². The van der Waals surface area contributed by atoms with Crippen LogP contribution in [0.15, 0.2) is 28.0 Å². The van der Waals surface area contributed by atoms with Crippen LogP contribution < -0.4 is 10.6 Å². The summed E-state index contributed by atoms with van der Waals surface area (Å²) in [5, 5.41) is 14.5. The smallest absolute Gasteiger partial charge is 0.246 e. The van der Waals surface area contributed by atoms with Crippen LogP contribution in [0.2, 0.25) is 0 Å². The Bertz CT molecular complexity index is 609. The zero-order chi connectivity index (χ0) is 17.2. The number of hydrogen-bond acceptors (Lipinski definition) is 6. The second kappa shape index (κ2) is 9.66. The van der Waals surface area contributed by atoms with E-state index in [9.17, 15) is 0 Å². The lowest BCUT2D eigenvalue weighted by molar-refractivity contribution is 0.0683. The lowest BCUT2D eigenvalue weighted by Gasteiger charge is -2.10. The number of aryl methyl sites for hydroxylation is 1. The van der Waals surface area contributed by atoms with Gasteiger partial charge in [0.25, 0.3) is 0 Å². The molecule has 0 aliphatic carbocycles. The Kier molecular flexibility index (Phi) is 7.21. The van der Waals surface area contributed by atoms with Gasteiger partial charge >= 0.3 is 0 Å². The van der Waals surface area contributed by atoms with Gasteiger partial charge in [-0.2, -0.15) is 10.1 Å². The maximum atomic E-state index is 5.44. The van der Waals surface area contributed by atoms with Gasteiger partial charge in [0, 0.05) is 39.1 Å². The van der Waals surface area contributed by atoms with Crippen molar-refractivity contribution in [1.82, 2.24) is 30.6 Å². The van der Waals surface area contributed by atoms with Crippen molar-refractivity contribution < 1.29 is 9.26 Å².